The summed E-state index contributed by atoms with van der Waals surface area (Å²) in [6, 6.07) is 9.01. The highest BCUT2D eigenvalue weighted by atomic mass is 35.5. The first-order chi connectivity index (χ1) is 10.8. The Labute approximate surface area is 129 Å². The van der Waals surface area contributed by atoms with Crippen LogP contribution in [0.4, 0.5) is 11.7 Å². The molecule has 0 amide bonds. The van der Waals surface area contributed by atoms with Gasteiger partial charge >= 0.3 is 0 Å². The van der Waals surface area contributed by atoms with E-state index in [-0.39, 0.29) is 12.1 Å². The van der Waals surface area contributed by atoms with E-state index in [1.807, 2.05) is 18.2 Å². The van der Waals surface area contributed by atoms with Gasteiger partial charge in [-0.1, -0.05) is 5.16 Å². The first-order valence-electron chi connectivity index (χ1n) is 6.40. The number of hydrogen-bond donors (Lipinski definition) is 1. The Morgan fingerprint density at radius 1 is 1.09 bits per heavy atom. The van der Waals surface area contributed by atoms with Crippen LogP contribution in [0.5, 0.6) is 11.5 Å². The number of nitrogens with one attached hydrogen (secondary N) is 1. The average molecular weight is 317 g/mol. The van der Waals surface area contributed by atoms with Crippen LogP contribution in [0.15, 0.2) is 41.1 Å². The summed E-state index contributed by atoms with van der Waals surface area (Å²) in [4.78, 5) is 7.83. The van der Waals surface area contributed by atoms with Crippen LogP contribution in [0.1, 0.15) is 0 Å². The summed E-state index contributed by atoms with van der Waals surface area (Å²) in [6.07, 6.45) is 1.55. The van der Waals surface area contributed by atoms with Crippen LogP contribution >= 0.6 is 11.6 Å². The zero-order valence-corrected chi connectivity index (χ0v) is 11.9. The van der Waals surface area contributed by atoms with Crippen molar-refractivity contribution < 1.29 is 14.0 Å². The fourth-order valence-electron chi connectivity index (χ4n) is 2.06. The van der Waals surface area contributed by atoms with E-state index in [2.05, 4.69) is 20.4 Å². The molecule has 0 fully saturated rings. The van der Waals surface area contributed by atoms with E-state index in [0.717, 1.165) is 11.3 Å². The highest BCUT2D eigenvalue weighted by Crippen LogP contribution is 2.36. The quantitative estimate of drug-likeness (QED) is 0.742. The van der Waals surface area contributed by atoms with Gasteiger partial charge in [0.25, 0.3) is 0 Å². The number of halogens is 1. The molecule has 2 aromatic heterocycles. The molecule has 3 heterocycles. The van der Waals surface area contributed by atoms with Gasteiger partial charge in [-0.2, -0.15) is 0 Å². The van der Waals surface area contributed by atoms with E-state index in [0.29, 0.717) is 23.1 Å². The third-order valence-electron chi connectivity index (χ3n) is 3.06. The SMILES string of the molecule is Clc1nccc(Nc2cc(-c3ccc4c(c3)OCO4)no2)n1. The minimum Gasteiger partial charge on any atom is -0.454 e. The van der Waals surface area contributed by atoms with Crippen LogP contribution in [-0.4, -0.2) is 21.9 Å². The van der Waals surface area contributed by atoms with Crippen molar-refractivity contribution in [3.8, 4) is 22.8 Å². The molecular formula is C14H9ClN4O3. The first-order valence-corrected chi connectivity index (χ1v) is 6.78. The van der Waals surface area contributed by atoms with Crippen molar-refractivity contribution in [2.75, 3.05) is 12.1 Å². The third kappa shape index (κ3) is 2.42. The van der Waals surface area contributed by atoms with E-state index in [1.165, 1.54) is 0 Å². The Hall–Kier alpha value is -2.80. The zero-order chi connectivity index (χ0) is 14.9. The molecule has 1 aliphatic rings. The lowest BCUT2D eigenvalue weighted by Gasteiger charge is -1.99. The summed E-state index contributed by atoms with van der Waals surface area (Å²) in [5.41, 5.74) is 1.53. The van der Waals surface area contributed by atoms with E-state index < -0.39 is 0 Å². The lowest BCUT2D eigenvalue weighted by molar-refractivity contribution is 0.174. The molecule has 3 aromatic rings. The van der Waals surface area contributed by atoms with Gasteiger partial charge in [-0.25, -0.2) is 9.97 Å². The van der Waals surface area contributed by atoms with Crippen molar-refractivity contribution in [2.45, 2.75) is 0 Å². The van der Waals surface area contributed by atoms with Gasteiger partial charge in [0, 0.05) is 17.8 Å². The second-order valence-electron chi connectivity index (χ2n) is 4.48. The van der Waals surface area contributed by atoms with Gasteiger partial charge < -0.3 is 19.3 Å². The van der Waals surface area contributed by atoms with Gasteiger partial charge in [-0.05, 0) is 35.9 Å². The number of fused-ring (bicyclic) bond motifs is 1. The molecule has 0 radical (unpaired) electrons. The molecule has 0 saturated heterocycles. The number of anilines is 2. The molecule has 0 unspecified atom stereocenters. The number of benzene rings is 1. The lowest BCUT2D eigenvalue weighted by Crippen LogP contribution is -1.93. The van der Waals surface area contributed by atoms with Crippen LogP contribution in [0.2, 0.25) is 5.28 Å². The van der Waals surface area contributed by atoms with Crippen molar-refractivity contribution in [1.82, 2.24) is 15.1 Å². The van der Waals surface area contributed by atoms with Crippen molar-refractivity contribution in [2.24, 2.45) is 0 Å². The topological polar surface area (TPSA) is 82.3 Å². The minimum absolute atomic E-state index is 0.153. The first kappa shape index (κ1) is 12.9. The molecule has 8 heteroatoms. The second kappa shape index (κ2) is 5.19. The van der Waals surface area contributed by atoms with Crippen LogP contribution in [-0.2, 0) is 0 Å². The Kier molecular flexibility index (Phi) is 3.05. The van der Waals surface area contributed by atoms with Gasteiger partial charge in [0.15, 0.2) is 11.5 Å². The van der Waals surface area contributed by atoms with Gasteiger partial charge in [0.05, 0.1) is 0 Å². The predicted molar refractivity (Wildman–Crippen MR) is 78.4 cm³/mol. The third-order valence-corrected chi connectivity index (χ3v) is 3.24. The maximum atomic E-state index is 5.73. The predicted octanol–water partition coefficient (Wildman–Crippen LogP) is 3.26. The van der Waals surface area contributed by atoms with Crippen molar-refractivity contribution >= 4 is 23.3 Å². The molecule has 0 atom stereocenters. The molecule has 1 aromatic carbocycles. The summed E-state index contributed by atoms with van der Waals surface area (Å²) < 4.78 is 15.9. The fourth-order valence-corrected chi connectivity index (χ4v) is 2.20. The highest BCUT2D eigenvalue weighted by Gasteiger charge is 2.15. The molecule has 22 heavy (non-hydrogen) atoms. The Bertz CT molecular complexity index is 836. The number of aromatic nitrogens is 3. The number of nitrogens with zero attached hydrogens (tertiary/aromatic N) is 3. The van der Waals surface area contributed by atoms with Gasteiger partial charge in [0.2, 0.25) is 18.0 Å². The summed E-state index contributed by atoms with van der Waals surface area (Å²) in [5.74, 6) is 2.38. The molecule has 7 nitrogen and oxygen atoms in total. The van der Waals surface area contributed by atoms with E-state index in [9.17, 15) is 0 Å². The van der Waals surface area contributed by atoms with Gasteiger partial charge in [-0.3, -0.25) is 0 Å². The molecule has 110 valence electrons. The molecule has 0 aliphatic carbocycles. The van der Waals surface area contributed by atoms with Crippen LogP contribution in [0.25, 0.3) is 11.3 Å². The molecule has 0 bridgehead atoms. The van der Waals surface area contributed by atoms with E-state index in [4.69, 9.17) is 25.6 Å². The van der Waals surface area contributed by atoms with Crippen LogP contribution in [0.3, 0.4) is 0 Å². The Balaban J connectivity index is 1.59. The minimum atomic E-state index is 0.153. The Morgan fingerprint density at radius 3 is 2.91 bits per heavy atom. The van der Waals surface area contributed by atoms with Crippen LogP contribution in [0, 0.1) is 0 Å². The lowest BCUT2D eigenvalue weighted by atomic mass is 10.1. The van der Waals surface area contributed by atoms with Crippen molar-refractivity contribution in [3.63, 3.8) is 0 Å². The maximum Gasteiger partial charge on any atom is 0.231 e. The summed E-state index contributed by atoms with van der Waals surface area (Å²) >= 11 is 5.73. The van der Waals surface area contributed by atoms with Gasteiger partial charge in [0.1, 0.15) is 11.5 Å². The number of rotatable bonds is 3. The highest BCUT2D eigenvalue weighted by molar-refractivity contribution is 6.28. The zero-order valence-electron chi connectivity index (χ0n) is 11.1. The fraction of sp³-hybridized carbons (Fsp3) is 0.0714. The number of hydrogen-bond acceptors (Lipinski definition) is 7. The molecule has 0 saturated carbocycles. The largest absolute Gasteiger partial charge is 0.454 e. The maximum absolute atomic E-state index is 5.73. The van der Waals surface area contributed by atoms with Crippen LogP contribution < -0.4 is 14.8 Å². The molecular weight excluding hydrogens is 308 g/mol. The second-order valence-corrected chi connectivity index (χ2v) is 4.82. The summed E-state index contributed by atoms with van der Waals surface area (Å²) in [6.45, 7) is 0.235. The Morgan fingerprint density at radius 2 is 2.00 bits per heavy atom. The average Bonchev–Trinajstić information content (AvgIpc) is 3.15. The van der Waals surface area contributed by atoms with Crippen molar-refractivity contribution in [1.29, 1.82) is 0 Å². The molecule has 1 aliphatic heterocycles. The molecule has 0 spiro atoms. The van der Waals surface area contributed by atoms with E-state index >= 15 is 0 Å². The van der Waals surface area contributed by atoms with Gasteiger partial charge in [-0.15, -0.1) is 0 Å². The molecule has 1 N–H and O–H groups in total. The summed E-state index contributed by atoms with van der Waals surface area (Å²) in [7, 11) is 0. The standard InChI is InChI=1S/C14H9ClN4O3/c15-14-16-4-3-12(18-14)17-13-6-9(19-22-13)8-1-2-10-11(5-8)21-7-20-10/h1-6H,7H2,(H,16,17,18). The van der Waals surface area contributed by atoms with E-state index in [1.54, 1.807) is 18.3 Å². The van der Waals surface area contributed by atoms with Crippen molar-refractivity contribution in [3.05, 3.63) is 41.8 Å². The summed E-state index contributed by atoms with van der Waals surface area (Å²) in [5, 5.41) is 7.14. The smallest absolute Gasteiger partial charge is 0.231 e. The molecule has 4 rings (SSSR count). The number of ether oxygens (including phenoxy) is 2. The monoisotopic (exact) mass is 316 g/mol. The normalized spacial score (nSPS) is 12.4.